The molecule has 1 amide bonds. The Morgan fingerprint density at radius 3 is 2.73 bits per heavy atom. The normalized spacial score (nSPS) is 17.1. The molecule has 0 spiro atoms. The van der Waals surface area contributed by atoms with Gasteiger partial charge in [0.25, 0.3) is 0 Å². The Labute approximate surface area is 228 Å². The number of furan rings is 1. The lowest BCUT2D eigenvalue weighted by atomic mass is 10.0. The summed E-state index contributed by atoms with van der Waals surface area (Å²) in [5, 5.41) is 6.86. The summed E-state index contributed by atoms with van der Waals surface area (Å²) in [4.78, 5) is 19.3. The molecule has 1 fully saturated rings. The van der Waals surface area contributed by atoms with Crippen LogP contribution in [-0.2, 0) is 4.79 Å². The van der Waals surface area contributed by atoms with Crippen molar-refractivity contribution < 1.29 is 13.6 Å². The zero-order valence-corrected chi connectivity index (χ0v) is 22.4. The van der Waals surface area contributed by atoms with Gasteiger partial charge in [-0.1, -0.05) is 24.3 Å². The van der Waals surface area contributed by atoms with Crippen molar-refractivity contribution in [2.75, 3.05) is 11.9 Å². The minimum absolute atomic E-state index is 0.104. The molecule has 0 bridgehead atoms. The van der Waals surface area contributed by atoms with E-state index in [1.807, 2.05) is 66.4 Å². The molecule has 2 aromatic carbocycles. The largest absolute Gasteiger partial charge is 0.459 e. The summed E-state index contributed by atoms with van der Waals surface area (Å²) in [6, 6.07) is 21.0. The molecule has 0 unspecified atom stereocenters. The first-order chi connectivity index (χ1) is 17.9. The quantitative estimate of drug-likeness (QED) is 0.242. The molecule has 9 heteroatoms. The number of nitrogens with zero attached hydrogens (tertiary/aromatic N) is 2. The number of hydrogen-bond donors (Lipinski definition) is 2. The maximum Gasteiger partial charge on any atom is 0.226 e. The van der Waals surface area contributed by atoms with Gasteiger partial charge in [0.15, 0.2) is 5.11 Å². The van der Waals surface area contributed by atoms with E-state index in [1.54, 1.807) is 12.3 Å². The first-order valence-corrected chi connectivity index (χ1v) is 13.0. The zero-order chi connectivity index (χ0) is 25.9. The van der Waals surface area contributed by atoms with Gasteiger partial charge in [-0.05, 0) is 89.2 Å². The van der Waals surface area contributed by atoms with Crippen molar-refractivity contribution in [1.82, 2.24) is 15.2 Å². The number of nitrogens with one attached hydrogen (secondary N) is 2. The van der Waals surface area contributed by atoms with E-state index >= 15 is 0 Å². The zero-order valence-electron chi connectivity index (χ0n) is 19.9. The number of hydrogen-bond acceptors (Lipinski definition) is 4. The highest BCUT2D eigenvalue weighted by atomic mass is 79.9. The van der Waals surface area contributed by atoms with Crippen molar-refractivity contribution in [1.29, 1.82) is 0 Å². The van der Waals surface area contributed by atoms with Gasteiger partial charge in [-0.2, -0.15) is 0 Å². The molecule has 0 saturated carbocycles. The second-order valence-corrected chi connectivity index (χ2v) is 10.0. The van der Waals surface area contributed by atoms with Gasteiger partial charge in [-0.25, -0.2) is 4.39 Å². The van der Waals surface area contributed by atoms with Crippen LogP contribution >= 0.6 is 28.1 Å². The monoisotopic (exact) mass is 578 g/mol. The van der Waals surface area contributed by atoms with E-state index in [1.165, 1.54) is 12.1 Å². The highest BCUT2D eigenvalue weighted by Gasteiger charge is 2.41. The van der Waals surface area contributed by atoms with Crippen LogP contribution in [0.25, 0.3) is 11.3 Å². The fraction of sp³-hybridized carbons (Fsp3) is 0.179. The number of benzene rings is 2. The standard InChI is InChI=1S/C28H24BrFN4O2S/c1-17-6-2-3-7-21(17)32-25(35)13-15-34-27(26(33-28(34)37)22-8-4-5-14-31-22)24-12-11-23(36-24)19-10-9-18(30)16-20(19)29/h2-12,14,16,26-27H,13,15H2,1H3,(H,32,35)(H,33,37)/t26-,27+/m1/s1. The second-order valence-electron chi connectivity index (χ2n) is 8.76. The van der Waals surface area contributed by atoms with Crippen LogP contribution in [-0.4, -0.2) is 27.4 Å². The van der Waals surface area contributed by atoms with Gasteiger partial charge in [0.05, 0.1) is 11.7 Å². The van der Waals surface area contributed by atoms with Gasteiger partial charge in [-0.15, -0.1) is 0 Å². The molecule has 1 aliphatic rings. The van der Waals surface area contributed by atoms with Gasteiger partial charge < -0.3 is 20.0 Å². The number of aryl methyl sites for hydroxylation is 1. The average molecular weight is 579 g/mol. The van der Waals surface area contributed by atoms with Crippen LogP contribution in [0.2, 0.25) is 0 Å². The molecule has 0 aliphatic carbocycles. The van der Waals surface area contributed by atoms with E-state index in [9.17, 15) is 9.18 Å². The maximum atomic E-state index is 13.6. The van der Waals surface area contributed by atoms with Crippen LogP contribution in [0.4, 0.5) is 10.1 Å². The van der Waals surface area contributed by atoms with E-state index in [2.05, 4.69) is 31.5 Å². The molecule has 37 heavy (non-hydrogen) atoms. The number of para-hydroxylation sites is 1. The van der Waals surface area contributed by atoms with Crippen molar-refractivity contribution in [2.45, 2.75) is 25.4 Å². The third kappa shape index (κ3) is 5.42. The van der Waals surface area contributed by atoms with Gasteiger partial charge in [0, 0.05) is 34.9 Å². The van der Waals surface area contributed by atoms with Gasteiger partial charge in [-0.3, -0.25) is 9.78 Å². The van der Waals surface area contributed by atoms with Crippen molar-refractivity contribution in [2.24, 2.45) is 0 Å². The van der Waals surface area contributed by atoms with Crippen LogP contribution in [0.1, 0.15) is 35.5 Å². The van der Waals surface area contributed by atoms with E-state index < -0.39 is 0 Å². The summed E-state index contributed by atoms with van der Waals surface area (Å²) in [5.41, 5.74) is 3.33. The van der Waals surface area contributed by atoms with E-state index in [0.29, 0.717) is 27.7 Å². The van der Waals surface area contributed by atoms with Crippen molar-refractivity contribution in [3.63, 3.8) is 0 Å². The van der Waals surface area contributed by atoms with Gasteiger partial charge >= 0.3 is 0 Å². The summed E-state index contributed by atoms with van der Waals surface area (Å²) in [6.07, 6.45) is 1.97. The maximum absolute atomic E-state index is 13.6. The Kier molecular flexibility index (Phi) is 7.34. The molecule has 2 atom stereocenters. The van der Waals surface area contributed by atoms with E-state index in [0.717, 1.165) is 22.5 Å². The van der Waals surface area contributed by atoms with Gasteiger partial charge in [0.2, 0.25) is 5.91 Å². The third-order valence-corrected chi connectivity index (χ3v) is 7.32. The fourth-order valence-corrected chi connectivity index (χ4v) is 5.33. The lowest BCUT2D eigenvalue weighted by molar-refractivity contribution is -0.116. The van der Waals surface area contributed by atoms with Crippen molar-refractivity contribution >= 4 is 44.9 Å². The molecule has 0 radical (unpaired) electrons. The molecule has 2 aromatic heterocycles. The molecule has 5 rings (SSSR count). The number of anilines is 1. The molecule has 188 valence electrons. The number of carbonyl (C=O) groups excluding carboxylic acids is 1. The number of amides is 1. The molecule has 6 nitrogen and oxygen atoms in total. The number of carbonyl (C=O) groups is 1. The highest BCUT2D eigenvalue weighted by molar-refractivity contribution is 9.10. The van der Waals surface area contributed by atoms with E-state index in [-0.39, 0.29) is 30.2 Å². The summed E-state index contributed by atoms with van der Waals surface area (Å²) < 4.78 is 20.5. The summed E-state index contributed by atoms with van der Waals surface area (Å²) in [6.45, 7) is 2.34. The smallest absolute Gasteiger partial charge is 0.226 e. The Morgan fingerprint density at radius 2 is 1.97 bits per heavy atom. The number of rotatable bonds is 7. The van der Waals surface area contributed by atoms with Gasteiger partial charge in [0.1, 0.15) is 23.4 Å². The topological polar surface area (TPSA) is 70.4 Å². The van der Waals surface area contributed by atoms with E-state index in [4.69, 9.17) is 16.6 Å². The molecular formula is C28H24BrFN4O2S. The van der Waals surface area contributed by atoms with Crippen LogP contribution in [0, 0.1) is 12.7 Å². The lowest BCUT2D eigenvalue weighted by Gasteiger charge is -2.26. The molecular weight excluding hydrogens is 555 g/mol. The van der Waals surface area contributed by atoms with Crippen LogP contribution in [0.15, 0.2) is 87.9 Å². The first kappa shape index (κ1) is 25.1. The third-order valence-electron chi connectivity index (χ3n) is 6.31. The highest BCUT2D eigenvalue weighted by Crippen LogP contribution is 2.41. The Bertz CT molecular complexity index is 1450. The van der Waals surface area contributed by atoms with Crippen LogP contribution in [0.3, 0.4) is 0 Å². The summed E-state index contributed by atoms with van der Waals surface area (Å²) in [5.74, 6) is 0.816. The lowest BCUT2D eigenvalue weighted by Crippen LogP contribution is -2.32. The van der Waals surface area contributed by atoms with Crippen LogP contribution in [0.5, 0.6) is 0 Å². The number of pyridine rings is 1. The molecule has 4 aromatic rings. The fourth-order valence-electron chi connectivity index (χ4n) is 4.45. The Balaban J connectivity index is 1.42. The number of thiocarbonyl (C=S) groups is 1. The molecule has 1 saturated heterocycles. The molecule has 1 aliphatic heterocycles. The first-order valence-electron chi connectivity index (χ1n) is 11.8. The van der Waals surface area contributed by atoms with Crippen molar-refractivity contribution in [3.8, 4) is 11.3 Å². The van der Waals surface area contributed by atoms with Crippen LogP contribution < -0.4 is 10.6 Å². The minimum atomic E-state index is -0.335. The van der Waals surface area contributed by atoms with Crippen molar-refractivity contribution in [3.05, 3.63) is 106 Å². The number of aromatic nitrogens is 1. The predicted octanol–water partition coefficient (Wildman–Crippen LogP) is 6.55. The summed E-state index contributed by atoms with van der Waals surface area (Å²) in [7, 11) is 0. The average Bonchev–Trinajstić information content (AvgIpc) is 3.49. The Morgan fingerprint density at radius 1 is 1.16 bits per heavy atom. The molecule has 2 N–H and O–H groups in total. The number of halogens is 2. The molecule has 3 heterocycles. The predicted molar refractivity (Wildman–Crippen MR) is 148 cm³/mol. The Hall–Kier alpha value is -3.56. The summed E-state index contributed by atoms with van der Waals surface area (Å²) >= 11 is 9.12. The second kappa shape index (κ2) is 10.8. The minimum Gasteiger partial charge on any atom is -0.459 e. The SMILES string of the molecule is Cc1ccccc1NC(=O)CCN1C(=S)N[C@H](c2ccccn2)[C@@H]1c1ccc(-c2ccc(F)cc2Br)o1.